The summed E-state index contributed by atoms with van der Waals surface area (Å²) in [5, 5.41) is 12.6. The van der Waals surface area contributed by atoms with Crippen molar-refractivity contribution in [1.82, 2.24) is 5.32 Å². The number of hydrogen-bond acceptors (Lipinski definition) is 2. The molecule has 0 saturated heterocycles. The summed E-state index contributed by atoms with van der Waals surface area (Å²) in [5.74, 6) is 0.0257. The molecule has 4 heteroatoms. The van der Waals surface area contributed by atoms with Crippen LogP contribution in [-0.4, -0.2) is 23.2 Å². The normalized spacial score (nSPS) is 20.3. The van der Waals surface area contributed by atoms with Crippen LogP contribution in [0.1, 0.15) is 53.2 Å². The molecular weight excluding hydrogens is 329 g/mol. The smallest absolute Gasteiger partial charge is 0.251 e. The molecule has 0 unspecified atom stereocenters. The molecule has 0 bridgehead atoms. The molecule has 1 saturated carbocycles. The monoisotopic (exact) mass is 355 g/mol. The predicted octanol–water partition coefficient (Wildman–Crippen LogP) is 4.00. The number of carbonyl (C=O) groups is 1. The van der Waals surface area contributed by atoms with E-state index in [0.717, 1.165) is 30.4 Å². The summed E-state index contributed by atoms with van der Waals surface area (Å²) in [6.07, 6.45) is 2.63. The average Bonchev–Trinajstić information content (AvgIpc) is 2.60. The second kappa shape index (κ2) is 8.00. The summed E-state index contributed by atoms with van der Waals surface area (Å²) in [6.45, 7) is 3.79. The summed E-state index contributed by atoms with van der Waals surface area (Å²) in [4.78, 5) is 12.8. The van der Waals surface area contributed by atoms with Crippen molar-refractivity contribution < 1.29 is 14.3 Å². The molecule has 1 amide bonds. The first kappa shape index (κ1) is 18.6. The lowest BCUT2D eigenvalue weighted by molar-refractivity contribution is 0.0232. The number of hydrogen-bond donors (Lipinski definition) is 2. The highest BCUT2D eigenvalue weighted by atomic mass is 19.1. The summed E-state index contributed by atoms with van der Waals surface area (Å²) in [5.41, 5.74) is 2.99. The van der Waals surface area contributed by atoms with Crippen LogP contribution in [-0.2, 0) is 6.42 Å². The van der Waals surface area contributed by atoms with Gasteiger partial charge in [-0.25, -0.2) is 4.39 Å². The third-order valence-electron chi connectivity index (χ3n) is 5.37. The summed E-state index contributed by atoms with van der Waals surface area (Å²) < 4.78 is 13.8. The number of aliphatic hydroxyl groups excluding tert-OH is 1. The van der Waals surface area contributed by atoms with Gasteiger partial charge in [-0.15, -0.1) is 0 Å². The minimum Gasteiger partial charge on any atom is -0.393 e. The first-order valence-electron chi connectivity index (χ1n) is 9.29. The molecule has 26 heavy (non-hydrogen) atoms. The Kier molecular flexibility index (Phi) is 5.72. The SMILES string of the molecule is CC[C@@H](NC(=O)c1ccccc1Cc1ccc(C)c(F)c1)C1CC(O)C1. The topological polar surface area (TPSA) is 49.3 Å². The van der Waals surface area contributed by atoms with Crippen LogP contribution >= 0.6 is 0 Å². The molecule has 2 aromatic rings. The largest absolute Gasteiger partial charge is 0.393 e. The van der Waals surface area contributed by atoms with Gasteiger partial charge in [0, 0.05) is 11.6 Å². The summed E-state index contributed by atoms with van der Waals surface area (Å²) in [7, 11) is 0. The van der Waals surface area contributed by atoms with Crippen molar-refractivity contribution in [3.05, 3.63) is 70.5 Å². The van der Waals surface area contributed by atoms with E-state index < -0.39 is 0 Å². The summed E-state index contributed by atoms with van der Waals surface area (Å²) >= 11 is 0. The van der Waals surface area contributed by atoms with Gasteiger partial charge in [0.15, 0.2) is 0 Å². The number of aliphatic hydroxyl groups is 1. The molecule has 3 rings (SSSR count). The number of rotatable bonds is 6. The zero-order chi connectivity index (χ0) is 18.7. The molecule has 0 aliphatic heterocycles. The lowest BCUT2D eigenvalue weighted by atomic mass is 9.76. The molecule has 0 aromatic heterocycles. The van der Waals surface area contributed by atoms with Gasteiger partial charge in [-0.2, -0.15) is 0 Å². The number of benzene rings is 2. The third-order valence-corrected chi connectivity index (χ3v) is 5.37. The Balaban J connectivity index is 1.75. The molecule has 2 aromatic carbocycles. The van der Waals surface area contributed by atoms with E-state index in [-0.39, 0.29) is 23.9 Å². The zero-order valence-corrected chi connectivity index (χ0v) is 15.3. The number of aryl methyl sites for hydroxylation is 1. The van der Waals surface area contributed by atoms with Gasteiger partial charge in [0.05, 0.1) is 6.10 Å². The van der Waals surface area contributed by atoms with E-state index in [4.69, 9.17) is 0 Å². The van der Waals surface area contributed by atoms with Gasteiger partial charge < -0.3 is 10.4 Å². The lowest BCUT2D eigenvalue weighted by Gasteiger charge is -2.37. The van der Waals surface area contributed by atoms with Crippen molar-refractivity contribution >= 4 is 5.91 Å². The van der Waals surface area contributed by atoms with E-state index in [1.807, 2.05) is 30.3 Å². The quantitative estimate of drug-likeness (QED) is 0.823. The Morgan fingerprint density at radius 1 is 1.27 bits per heavy atom. The maximum Gasteiger partial charge on any atom is 0.251 e. The van der Waals surface area contributed by atoms with Crippen LogP contribution in [0.2, 0.25) is 0 Å². The standard InChI is InChI=1S/C22H26FNO2/c1-3-21(17-12-18(25)13-17)24-22(26)19-7-5-4-6-16(19)10-15-9-8-14(2)20(23)11-15/h4-9,11,17-18,21,25H,3,10,12-13H2,1-2H3,(H,24,26)/t17?,18?,21-/m1/s1. The van der Waals surface area contributed by atoms with Crippen molar-refractivity contribution in [1.29, 1.82) is 0 Å². The van der Waals surface area contributed by atoms with Crippen LogP contribution in [0, 0.1) is 18.7 Å². The Morgan fingerprint density at radius 2 is 2.00 bits per heavy atom. The van der Waals surface area contributed by atoms with Gasteiger partial charge >= 0.3 is 0 Å². The van der Waals surface area contributed by atoms with Crippen LogP contribution in [0.15, 0.2) is 42.5 Å². The van der Waals surface area contributed by atoms with Gasteiger partial charge in [-0.1, -0.05) is 37.3 Å². The van der Waals surface area contributed by atoms with Gasteiger partial charge in [-0.05, 0) is 67.3 Å². The fourth-order valence-corrected chi connectivity index (χ4v) is 3.62. The Labute approximate surface area is 154 Å². The molecule has 0 radical (unpaired) electrons. The minimum absolute atomic E-state index is 0.0794. The minimum atomic E-state index is -0.227. The highest BCUT2D eigenvalue weighted by Gasteiger charge is 2.34. The Morgan fingerprint density at radius 3 is 2.65 bits per heavy atom. The van der Waals surface area contributed by atoms with Crippen molar-refractivity contribution in [3.63, 3.8) is 0 Å². The number of carbonyl (C=O) groups excluding carboxylic acids is 1. The molecular formula is C22H26FNO2. The van der Waals surface area contributed by atoms with Crippen molar-refractivity contribution in [2.45, 2.75) is 51.7 Å². The first-order valence-corrected chi connectivity index (χ1v) is 9.29. The Bertz CT molecular complexity index is 783. The molecule has 0 heterocycles. The average molecular weight is 355 g/mol. The fraction of sp³-hybridized carbons (Fsp3) is 0.409. The van der Waals surface area contributed by atoms with Crippen LogP contribution < -0.4 is 5.32 Å². The molecule has 3 nitrogen and oxygen atoms in total. The molecule has 1 aliphatic rings. The summed E-state index contributed by atoms with van der Waals surface area (Å²) in [6, 6.07) is 12.8. The number of nitrogens with one attached hydrogen (secondary N) is 1. The van der Waals surface area contributed by atoms with Crippen LogP contribution in [0.5, 0.6) is 0 Å². The third kappa shape index (κ3) is 4.13. The van der Waals surface area contributed by atoms with Crippen LogP contribution in [0.4, 0.5) is 4.39 Å². The van der Waals surface area contributed by atoms with Gasteiger partial charge in [-0.3, -0.25) is 4.79 Å². The van der Waals surface area contributed by atoms with E-state index in [1.165, 1.54) is 6.07 Å². The van der Waals surface area contributed by atoms with Crippen molar-refractivity contribution in [3.8, 4) is 0 Å². The predicted molar refractivity (Wildman–Crippen MR) is 101 cm³/mol. The van der Waals surface area contributed by atoms with Crippen molar-refractivity contribution in [2.24, 2.45) is 5.92 Å². The van der Waals surface area contributed by atoms with E-state index in [1.54, 1.807) is 13.0 Å². The molecule has 138 valence electrons. The Hall–Kier alpha value is -2.20. The molecule has 1 fully saturated rings. The lowest BCUT2D eigenvalue weighted by Crippen LogP contribution is -2.46. The van der Waals surface area contributed by atoms with Crippen LogP contribution in [0.3, 0.4) is 0 Å². The van der Waals surface area contributed by atoms with Gasteiger partial charge in [0.1, 0.15) is 5.82 Å². The zero-order valence-electron chi connectivity index (χ0n) is 15.3. The highest BCUT2D eigenvalue weighted by molar-refractivity contribution is 5.96. The van der Waals surface area contributed by atoms with E-state index in [0.29, 0.717) is 23.5 Å². The first-order chi connectivity index (χ1) is 12.5. The molecule has 1 atom stereocenters. The second-order valence-corrected chi connectivity index (χ2v) is 7.29. The highest BCUT2D eigenvalue weighted by Crippen LogP contribution is 2.31. The molecule has 1 aliphatic carbocycles. The van der Waals surface area contributed by atoms with E-state index >= 15 is 0 Å². The van der Waals surface area contributed by atoms with Gasteiger partial charge in [0.25, 0.3) is 5.91 Å². The van der Waals surface area contributed by atoms with E-state index in [9.17, 15) is 14.3 Å². The number of halogens is 1. The second-order valence-electron chi connectivity index (χ2n) is 7.29. The fourth-order valence-electron chi connectivity index (χ4n) is 3.62. The number of amides is 1. The molecule has 0 spiro atoms. The maximum atomic E-state index is 13.8. The van der Waals surface area contributed by atoms with Crippen LogP contribution in [0.25, 0.3) is 0 Å². The molecule has 2 N–H and O–H groups in total. The van der Waals surface area contributed by atoms with E-state index in [2.05, 4.69) is 12.2 Å². The van der Waals surface area contributed by atoms with Gasteiger partial charge in [0.2, 0.25) is 0 Å². The maximum absolute atomic E-state index is 13.8. The van der Waals surface area contributed by atoms with Crippen molar-refractivity contribution in [2.75, 3.05) is 0 Å².